The Hall–Kier alpha value is -4.71. The topological polar surface area (TPSA) is 80.9 Å². The predicted molar refractivity (Wildman–Crippen MR) is 144 cm³/mol. The first kappa shape index (κ1) is 23.7. The van der Waals surface area contributed by atoms with Crippen LogP contribution in [-0.2, 0) is 4.74 Å². The van der Waals surface area contributed by atoms with Gasteiger partial charge in [-0.05, 0) is 66.3 Å². The van der Waals surface area contributed by atoms with E-state index in [2.05, 4.69) is 6.20 Å². The number of esters is 1. The minimum atomic E-state index is -0.979. The molecule has 0 amide bonds. The number of carboxylic acids is 1. The number of hydrogen-bond donors (Lipinski definition) is 1. The summed E-state index contributed by atoms with van der Waals surface area (Å²) in [6.45, 7) is 2.03. The largest absolute Gasteiger partial charge is 0.478 e. The van der Waals surface area contributed by atoms with Gasteiger partial charge >= 0.3 is 11.9 Å². The van der Waals surface area contributed by atoms with Crippen molar-refractivity contribution >= 4 is 17.6 Å². The van der Waals surface area contributed by atoms with Crippen molar-refractivity contribution in [3.63, 3.8) is 0 Å². The highest BCUT2D eigenvalue weighted by molar-refractivity contribution is 5.96. The third-order valence-electron chi connectivity index (χ3n) is 7.04. The van der Waals surface area contributed by atoms with Crippen molar-refractivity contribution in [2.45, 2.75) is 31.8 Å². The van der Waals surface area contributed by atoms with E-state index < -0.39 is 18.0 Å². The maximum Gasteiger partial charge on any atom is 0.339 e. The van der Waals surface area contributed by atoms with Gasteiger partial charge in [-0.3, -0.25) is 4.40 Å². The van der Waals surface area contributed by atoms with E-state index >= 15 is 0 Å². The zero-order chi connectivity index (χ0) is 26.2. The van der Waals surface area contributed by atoms with Crippen LogP contribution in [0.1, 0.15) is 68.1 Å². The second kappa shape index (κ2) is 9.63. The zero-order valence-electron chi connectivity index (χ0n) is 20.9. The molecule has 188 valence electrons. The molecule has 1 atom stereocenters. The molecule has 6 rings (SSSR count). The van der Waals surface area contributed by atoms with Gasteiger partial charge in [-0.1, -0.05) is 66.7 Å². The Morgan fingerprint density at radius 3 is 2.34 bits per heavy atom. The lowest BCUT2D eigenvalue weighted by atomic mass is 9.96. The maximum atomic E-state index is 13.2. The van der Waals surface area contributed by atoms with Crippen LogP contribution in [0.25, 0.3) is 16.8 Å². The van der Waals surface area contributed by atoms with Gasteiger partial charge in [-0.15, -0.1) is 0 Å². The van der Waals surface area contributed by atoms with Gasteiger partial charge in [0, 0.05) is 12.1 Å². The number of hydrogen-bond acceptors (Lipinski definition) is 4. The number of aromatic carboxylic acids is 1. The fourth-order valence-corrected chi connectivity index (χ4v) is 4.84. The van der Waals surface area contributed by atoms with Crippen LogP contribution in [0.15, 0.2) is 97.2 Å². The Bertz CT molecular complexity index is 1650. The summed E-state index contributed by atoms with van der Waals surface area (Å²) in [4.78, 5) is 29.9. The average molecular weight is 503 g/mol. The SMILES string of the molecule is Cc1ccc(C(OC(=O)c2ccccc2)c2ccc(-c3ccccc3C(=O)O)cc2)n2cc(C3CC3)nc12. The van der Waals surface area contributed by atoms with E-state index in [-0.39, 0.29) is 5.56 Å². The van der Waals surface area contributed by atoms with Crippen LogP contribution in [0.5, 0.6) is 0 Å². The fourth-order valence-electron chi connectivity index (χ4n) is 4.84. The zero-order valence-corrected chi connectivity index (χ0v) is 20.9. The molecule has 1 unspecified atom stereocenters. The Kier molecular flexibility index (Phi) is 6.00. The first-order valence-electron chi connectivity index (χ1n) is 12.7. The molecule has 1 saturated carbocycles. The molecular formula is C32H26N2O4. The number of aromatic nitrogens is 2. The highest BCUT2D eigenvalue weighted by atomic mass is 16.5. The Morgan fingerprint density at radius 2 is 1.63 bits per heavy atom. The molecule has 1 aliphatic carbocycles. The van der Waals surface area contributed by atoms with Gasteiger partial charge in [0.25, 0.3) is 0 Å². The van der Waals surface area contributed by atoms with Gasteiger partial charge in [0.15, 0.2) is 6.10 Å². The first-order valence-corrected chi connectivity index (χ1v) is 12.7. The fraction of sp³-hybridized carbons (Fsp3) is 0.156. The number of carbonyl (C=O) groups is 2. The summed E-state index contributed by atoms with van der Waals surface area (Å²) < 4.78 is 8.21. The molecule has 2 aromatic heterocycles. The Balaban J connectivity index is 1.44. The lowest BCUT2D eigenvalue weighted by Crippen LogP contribution is -2.16. The summed E-state index contributed by atoms with van der Waals surface area (Å²) in [6.07, 6.45) is 3.65. The molecule has 1 fully saturated rings. The highest BCUT2D eigenvalue weighted by Gasteiger charge is 2.29. The number of fused-ring (bicyclic) bond motifs is 1. The van der Waals surface area contributed by atoms with Crippen molar-refractivity contribution in [2.75, 3.05) is 0 Å². The molecule has 0 aliphatic heterocycles. The molecule has 3 aromatic carbocycles. The molecule has 6 nitrogen and oxygen atoms in total. The van der Waals surface area contributed by atoms with Crippen molar-refractivity contribution in [1.29, 1.82) is 0 Å². The van der Waals surface area contributed by atoms with Crippen molar-refractivity contribution in [2.24, 2.45) is 0 Å². The number of ether oxygens (including phenoxy) is 1. The van der Waals surface area contributed by atoms with Crippen molar-refractivity contribution < 1.29 is 19.4 Å². The second-order valence-electron chi connectivity index (χ2n) is 9.70. The van der Waals surface area contributed by atoms with Gasteiger partial charge in [-0.25, -0.2) is 14.6 Å². The van der Waals surface area contributed by atoms with Gasteiger partial charge in [0.2, 0.25) is 0 Å². The summed E-state index contributed by atoms with van der Waals surface area (Å²) in [5, 5.41) is 9.63. The molecule has 0 spiro atoms. The summed E-state index contributed by atoms with van der Waals surface area (Å²) in [5.41, 5.74) is 6.65. The van der Waals surface area contributed by atoms with E-state index in [0.29, 0.717) is 17.0 Å². The van der Waals surface area contributed by atoms with E-state index in [4.69, 9.17) is 9.72 Å². The van der Waals surface area contributed by atoms with Crippen LogP contribution in [0.2, 0.25) is 0 Å². The third kappa shape index (κ3) is 4.45. The molecule has 5 aromatic rings. The van der Waals surface area contributed by atoms with Gasteiger partial charge < -0.3 is 9.84 Å². The average Bonchev–Trinajstić information content (AvgIpc) is 3.70. The van der Waals surface area contributed by atoms with E-state index in [1.54, 1.807) is 30.3 Å². The number of carboxylic acid groups (broad SMARTS) is 1. The van der Waals surface area contributed by atoms with Crippen LogP contribution in [-0.4, -0.2) is 26.4 Å². The van der Waals surface area contributed by atoms with Crippen LogP contribution in [0.4, 0.5) is 0 Å². The monoisotopic (exact) mass is 502 g/mol. The minimum Gasteiger partial charge on any atom is -0.478 e. The molecule has 1 N–H and O–H groups in total. The van der Waals surface area contributed by atoms with Crippen LogP contribution in [0, 0.1) is 6.92 Å². The standard InChI is InChI=1S/C32H26N2O4/c1-20-11-18-28(34-19-27(22-14-15-22)33-30(20)34)29(38-32(37)24-7-3-2-4-8-24)23-16-12-21(13-17-23)25-9-5-6-10-26(25)31(35)36/h2-13,16-19,22,29H,14-15H2,1H3,(H,35,36). The molecule has 38 heavy (non-hydrogen) atoms. The molecular weight excluding hydrogens is 476 g/mol. The summed E-state index contributed by atoms with van der Waals surface area (Å²) >= 11 is 0. The normalized spacial score (nSPS) is 13.8. The van der Waals surface area contributed by atoms with E-state index in [1.165, 1.54) is 0 Å². The van der Waals surface area contributed by atoms with Crippen LogP contribution >= 0.6 is 0 Å². The molecule has 2 heterocycles. The van der Waals surface area contributed by atoms with Crippen molar-refractivity contribution in [3.8, 4) is 11.1 Å². The molecule has 1 aliphatic rings. The van der Waals surface area contributed by atoms with Gasteiger partial charge in [-0.2, -0.15) is 0 Å². The molecule has 0 saturated heterocycles. The predicted octanol–water partition coefficient (Wildman–Crippen LogP) is 6.83. The molecule has 0 radical (unpaired) electrons. The van der Waals surface area contributed by atoms with E-state index in [1.807, 2.05) is 72.0 Å². The number of benzene rings is 3. The van der Waals surface area contributed by atoms with Crippen LogP contribution < -0.4 is 0 Å². The summed E-state index contributed by atoms with van der Waals surface area (Å²) in [5.74, 6) is -0.916. The number of rotatable bonds is 7. The van der Waals surface area contributed by atoms with Crippen molar-refractivity contribution in [1.82, 2.24) is 9.38 Å². The number of aryl methyl sites for hydroxylation is 1. The quantitative estimate of drug-likeness (QED) is 0.247. The van der Waals surface area contributed by atoms with Crippen LogP contribution in [0.3, 0.4) is 0 Å². The Morgan fingerprint density at radius 1 is 0.921 bits per heavy atom. The van der Waals surface area contributed by atoms with E-state index in [0.717, 1.165) is 46.6 Å². The minimum absolute atomic E-state index is 0.235. The highest BCUT2D eigenvalue weighted by Crippen LogP contribution is 2.40. The van der Waals surface area contributed by atoms with E-state index in [9.17, 15) is 14.7 Å². The van der Waals surface area contributed by atoms with Crippen molar-refractivity contribution in [3.05, 3.63) is 131 Å². The summed E-state index contributed by atoms with van der Waals surface area (Å²) in [6, 6.07) is 27.4. The second-order valence-corrected chi connectivity index (χ2v) is 9.70. The van der Waals surface area contributed by atoms with Gasteiger partial charge in [0.05, 0.1) is 22.5 Å². The number of carbonyl (C=O) groups excluding carboxylic acids is 1. The number of nitrogens with zero attached hydrogens (tertiary/aromatic N) is 2. The third-order valence-corrected chi connectivity index (χ3v) is 7.04. The lowest BCUT2D eigenvalue weighted by Gasteiger charge is -2.21. The number of imidazole rings is 1. The first-order chi connectivity index (χ1) is 18.5. The Labute approximate surface area is 220 Å². The molecule has 0 bridgehead atoms. The van der Waals surface area contributed by atoms with Gasteiger partial charge in [0.1, 0.15) is 5.65 Å². The number of pyridine rings is 1. The molecule has 6 heteroatoms. The maximum absolute atomic E-state index is 13.2. The summed E-state index contributed by atoms with van der Waals surface area (Å²) in [7, 11) is 0. The lowest BCUT2D eigenvalue weighted by molar-refractivity contribution is 0.0368. The smallest absolute Gasteiger partial charge is 0.339 e.